The molecule has 0 atom stereocenters. The molecule has 5 rings (SSSR count). The molecule has 0 N–H and O–H groups in total. The summed E-state index contributed by atoms with van der Waals surface area (Å²) in [7, 11) is 0. The lowest BCUT2D eigenvalue weighted by molar-refractivity contribution is 0.345. The smallest absolute Gasteiger partial charge is 0.110 e. The van der Waals surface area contributed by atoms with Crippen molar-refractivity contribution in [2.45, 2.75) is 40.2 Å². The molecule has 6 nitrogen and oxygen atoms in total. The molecule has 7 heteroatoms. The summed E-state index contributed by atoms with van der Waals surface area (Å²) in [6.45, 7) is 12.5. The van der Waals surface area contributed by atoms with Crippen LogP contribution in [0, 0.1) is 13.8 Å². The van der Waals surface area contributed by atoms with E-state index in [0.717, 1.165) is 53.7 Å². The Morgan fingerprint density at radius 3 is 2.77 bits per heavy atom. The Labute approximate surface area is 211 Å². The Balaban J connectivity index is 1.27. The van der Waals surface area contributed by atoms with Crippen molar-refractivity contribution in [3.05, 3.63) is 112 Å². The highest BCUT2D eigenvalue weighted by Crippen LogP contribution is 2.33. The standard InChI is InChI=1S/C28H30N6S/c1-5-28(14-23-13-27(17-29-16-23)34-11-6-10-30-34)35-22(4)32-12-9-24-7-8-26(15-25(24)19-32)33-18-20(2)31-21(33)3/h5-8,10-11,13,15-18H,4,9,12,14,19H2,1-3H3/b28-5-. The van der Waals surface area contributed by atoms with E-state index in [-0.39, 0.29) is 0 Å². The van der Waals surface area contributed by atoms with Gasteiger partial charge in [0.15, 0.2) is 0 Å². The Morgan fingerprint density at radius 2 is 2.03 bits per heavy atom. The highest BCUT2D eigenvalue weighted by Gasteiger charge is 2.19. The SMILES string of the molecule is C=C(S/C(=C\C)Cc1cncc(-n2cccn2)c1)N1CCc2ccc(-n3cc(C)nc3C)cc2C1. The minimum Gasteiger partial charge on any atom is -0.362 e. The number of pyridine rings is 1. The maximum atomic E-state index is 4.56. The van der Waals surface area contributed by atoms with Gasteiger partial charge in [0.1, 0.15) is 5.82 Å². The lowest BCUT2D eigenvalue weighted by atomic mass is 9.99. The largest absolute Gasteiger partial charge is 0.362 e. The summed E-state index contributed by atoms with van der Waals surface area (Å²) < 4.78 is 4.01. The number of hydrogen-bond acceptors (Lipinski definition) is 5. The second-order valence-corrected chi connectivity index (χ2v) is 10.1. The number of aromatic nitrogens is 5. The molecule has 0 spiro atoms. The van der Waals surface area contributed by atoms with E-state index in [2.05, 4.69) is 81.5 Å². The molecule has 0 aliphatic carbocycles. The van der Waals surface area contributed by atoms with E-state index >= 15 is 0 Å². The molecule has 0 amide bonds. The fourth-order valence-electron chi connectivity index (χ4n) is 4.52. The summed E-state index contributed by atoms with van der Waals surface area (Å²) in [6, 6.07) is 10.8. The summed E-state index contributed by atoms with van der Waals surface area (Å²) in [4.78, 5) is 12.6. The van der Waals surface area contributed by atoms with Gasteiger partial charge in [0.05, 0.1) is 22.6 Å². The Hall–Kier alpha value is -3.58. The van der Waals surface area contributed by atoms with Gasteiger partial charge in [-0.15, -0.1) is 0 Å². The number of allylic oxidation sites excluding steroid dienone is 2. The molecule has 1 aromatic carbocycles. The molecule has 4 heterocycles. The van der Waals surface area contributed by atoms with Crippen LogP contribution >= 0.6 is 11.8 Å². The summed E-state index contributed by atoms with van der Waals surface area (Å²) in [6.07, 6.45) is 13.6. The van der Waals surface area contributed by atoms with E-state index in [1.807, 2.05) is 36.3 Å². The average molecular weight is 483 g/mol. The van der Waals surface area contributed by atoms with Gasteiger partial charge < -0.3 is 9.47 Å². The Kier molecular flexibility index (Phi) is 6.59. The van der Waals surface area contributed by atoms with E-state index < -0.39 is 0 Å². The molecule has 0 unspecified atom stereocenters. The van der Waals surface area contributed by atoms with Crippen LogP contribution in [0.2, 0.25) is 0 Å². The van der Waals surface area contributed by atoms with Crippen molar-refractivity contribution < 1.29 is 0 Å². The van der Waals surface area contributed by atoms with E-state index in [1.165, 1.54) is 21.7 Å². The van der Waals surface area contributed by atoms with Gasteiger partial charge in [-0.2, -0.15) is 5.10 Å². The summed E-state index contributed by atoms with van der Waals surface area (Å²) in [5.41, 5.74) is 7.12. The molecule has 4 aromatic rings. The second-order valence-electron chi connectivity index (χ2n) is 8.85. The number of thioether (sulfide) groups is 1. The molecule has 1 aliphatic rings. The molecule has 1 aliphatic heterocycles. The first-order valence-electron chi connectivity index (χ1n) is 11.9. The monoisotopic (exact) mass is 482 g/mol. The normalized spacial score (nSPS) is 13.7. The summed E-state index contributed by atoms with van der Waals surface area (Å²) in [5.74, 6) is 1.01. The molecule has 3 aromatic heterocycles. The third-order valence-corrected chi connectivity index (χ3v) is 7.47. The van der Waals surface area contributed by atoms with Gasteiger partial charge in [0, 0.05) is 50.0 Å². The zero-order chi connectivity index (χ0) is 24.4. The lowest BCUT2D eigenvalue weighted by Crippen LogP contribution is -2.28. The third kappa shape index (κ3) is 5.10. The molecule has 178 valence electrons. The van der Waals surface area contributed by atoms with Crippen molar-refractivity contribution >= 4 is 11.8 Å². The van der Waals surface area contributed by atoms with Crippen molar-refractivity contribution in [1.29, 1.82) is 0 Å². The Morgan fingerprint density at radius 1 is 1.14 bits per heavy atom. The van der Waals surface area contributed by atoms with Gasteiger partial charge in [0.25, 0.3) is 0 Å². The molecular formula is C28H30N6S. The fraction of sp³-hybridized carbons (Fsp3) is 0.250. The molecule has 0 saturated heterocycles. The van der Waals surface area contributed by atoms with E-state index in [9.17, 15) is 0 Å². The second kappa shape index (κ2) is 9.96. The highest BCUT2D eigenvalue weighted by molar-refractivity contribution is 8.06. The quantitative estimate of drug-likeness (QED) is 0.334. The van der Waals surface area contributed by atoms with Crippen LogP contribution in [0.1, 0.15) is 35.1 Å². The maximum absolute atomic E-state index is 4.56. The van der Waals surface area contributed by atoms with Gasteiger partial charge in [-0.05, 0) is 73.1 Å². The molecule has 35 heavy (non-hydrogen) atoms. The van der Waals surface area contributed by atoms with Crippen molar-refractivity contribution in [1.82, 2.24) is 29.2 Å². The zero-order valence-electron chi connectivity index (χ0n) is 20.5. The first kappa shape index (κ1) is 23.2. The summed E-state index contributed by atoms with van der Waals surface area (Å²) >= 11 is 1.76. The van der Waals surface area contributed by atoms with Crippen molar-refractivity contribution in [2.75, 3.05) is 6.54 Å². The maximum Gasteiger partial charge on any atom is 0.110 e. The number of benzene rings is 1. The molecule has 0 bridgehead atoms. The van der Waals surface area contributed by atoms with Gasteiger partial charge in [-0.1, -0.05) is 30.5 Å². The zero-order valence-corrected chi connectivity index (χ0v) is 21.3. The predicted octanol–water partition coefficient (Wildman–Crippen LogP) is 5.78. The number of rotatable bonds is 7. The fourth-order valence-corrected chi connectivity index (χ4v) is 5.46. The van der Waals surface area contributed by atoms with Crippen LogP contribution < -0.4 is 0 Å². The summed E-state index contributed by atoms with van der Waals surface area (Å²) in [5, 5.41) is 5.40. The third-order valence-electron chi connectivity index (χ3n) is 6.33. The minimum atomic E-state index is 0.816. The first-order valence-corrected chi connectivity index (χ1v) is 12.7. The van der Waals surface area contributed by atoms with Crippen molar-refractivity contribution in [3.63, 3.8) is 0 Å². The van der Waals surface area contributed by atoms with Crippen LogP contribution in [0.3, 0.4) is 0 Å². The lowest BCUT2D eigenvalue weighted by Gasteiger charge is -2.32. The minimum absolute atomic E-state index is 0.816. The van der Waals surface area contributed by atoms with E-state index in [0.29, 0.717) is 0 Å². The van der Waals surface area contributed by atoms with Gasteiger partial charge >= 0.3 is 0 Å². The van der Waals surface area contributed by atoms with Gasteiger partial charge in [0.2, 0.25) is 0 Å². The molecule has 0 fully saturated rings. The average Bonchev–Trinajstić information content (AvgIpc) is 3.52. The van der Waals surface area contributed by atoms with Crippen LogP contribution in [0.15, 0.2) is 83.9 Å². The number of hydrogen-bond donors (Lipinski definition) is 0. The predicted molar refractivity (Wildman–Crippen MR) is 143 cm³/mol. The number of imidazole rings is 1. The van der Waals surface area contributed by atoms with Crippen LogP contribution in [0.5, 0.6) is 0 Å². The molecule has 0 radical (unpaired) electrons. The van der Waals surface area contributed by atoms with Gasteiger partial charge in [-0.25, -0.2) is 9.67 Å². The van der Waals surface area contributed by atoms with Gasteiger partial charge in [-0.3, -0.25) is 4.98 Å². The Bertz CT molecular complexity index is 1380. The number of aryl methyl sites for hydroxylation is 2. The number of nitrogens with zero attached hydrogens (tertiary/aromatic N) is 6. The van der Waals surface area contributed by atoms with Crippen LogP contribution in [0.4, 0.5) is 0 Å². The van der Waals surface area contributed by atoms with Crippen LogP contribution in [-0.2, 0) is 19.4 Å². The van der Waals surface area contributed by atoms with E-state index in [1.54, 1.807) is 18.0 Å². The molecule has 0 saturated carbocycles. The number of fused-ring (bicyclic) bond motifs is 1. The topological polar surface area (TPSA) is 51.8 Å². The molecular weight excluding hydrogens is 452 g/mol. The highest BCUT2D eigenvalue weighted by atomic mass is 32.2. The van der Waals surface area contributed by atoms with Crippen LogP contribution in [-0.4, -0.2) is 35.8 Å². The van der Waals surface area contributed by atoms with E-state index in [4.69, 9.17) is 0 Å². The van der Waals surface area contributed by atoms with Crippen molar-refractivity contribution in [2.24, 2.45) is 0 Å². The first-order chi connectivity index (χ1) is 17.0. The van der Waals surface area contributed by atoms with Crippen molar-refractivity contribution in [3.8, 4) is 11.4 Å². The van der Waals surface area contributed by atoms with Crippen LogP contribution in [0.25, 0.3) is 11.4 Å².